The minimum atomic E-state index is -0.538. The van der Waals surface area contributed by atoms with Crippen LogP contribution in [0.4, 0.5) is 17.1 Å². The van der Waals surface area contributed by atoms with Gasteiger partial charge in [-0.15, -0.1) is 0 Å². The molecule has 200 valence electrons. The number of hydrogen-bond acceptors (Lipinski definition) is 8. The first-order valence-corrected chi connectivity index (χ1v) is 13.0. The summed E-state index contributed by atoms with van der Waals surface area (Å²) in [5.74, 6) is 0.0972. The maximum absolute atomic E-state index is 11.0. The molecule has 2 fully saturated rings. The van der Waals surface area contributed by atoms with Crippen molar-refractivity contribution in [3.05, 3.63) is 99.6 Å². The number of hydrogen-bond donors (Lipinski definition) is 2. The molecule has 9 nitrogen and oxygen atoms in total. The second kappa shape index (κ2) is 11.5. The molecule has 0 unspecified atom stereocenters. The molecule has 0 saturated carbocycles. The van der Waals surface area contributed by atoms with E-state index in [4.69, 9.17) is 15.2 Å². The quantitative estimate of drug-likeness (QED) is 0.271. The molecule has 0 bridgehead atoms. The Morgan fingerprint density at radius 3 is 2.32 bits per heavy atom. The number of aliphatic hydroxyl groups is 1. The van der Waals surface area contributed by atoms with Crippen LogP contribution in [0.25, 0.3) is 0 Å². The zero-order chi connectivity index (χ0) is 26.6. The highest BCUT2D eigenvalue weighted by Crippen LogP contribution is 2.42. The van der Waals surface area contributed by atoms with Crippen molar-refractivity contribution >= 4 is 17.1 Å². The summed E-state index contributed by atoms with van der Waals surface area (Å²) in [6, 6.07) is 22.3. The molecule has 38 heavy (non-hydrogen) atoms. The van der Waals surface area contributed by atoms with Crippen molar-refractivity contribution in [3.8, 4) is 0 Å². The van der Waals surface area contributed by atoms with Crippen LogP contribution >= 0.6 is 0 Å². The van der Waals surface area contributed by atoms with Gasteiger partial charge in [0.15, 0.2) is 6.29 Å². The molecule has 2 heterocycles. The van der Waals surface area contributed by atoms with Gasteiger partial charge in [0, 0.05) is 67.7 Å². The van der Waals surface area contributed by atoms with Crippen LogP contribution in [-0.4, -0.2) is 53.8 Å². The Kier molecular flexibility index (Phi) is 7.90. The molecule has 0 aliphatic carbocycles. The molecule has 0 radical (unpaired) electrons. The van der Waals surface area contributed by atoms with Gasteiger partial charge < -0.3 is 25.2 Å². The van der Waals surface area contributed by atoms with E-state index in [0.29, 0.717) is 5.69 Å². The minimum Gasteiger partial charge on any atom is -0.399 e. The SMILES string of the molecule is C[C@H]1[C@@H](CN2CCN(c3ccc([N+](=O)[O-])cc3)CC2)O[C@@H](c2cccc(N)c2)O[C@H]1c1ccc(CO)cc1. The van der Waals surface area contributed by atoms with Gasteiger partial charge in [-0.3, -0.25) is 15.0 Å². The number of rotatable bonds is 7. The number of anilines is 2. The minimum absolute atomic E-state index is 0.00482. The summed E-state index contributed by atoms with van der Waals surface area (Å²) in [5.41, 5.74) is 10.6. The second-order valence-electron chi connectivity index (χ2n) is 10.1. The van der Waals surface area contributed by atoms with Crippen LogP contribution in [0.2, 0.25) is 0 Å². The molecule has 5 rings (SSSR count). The highest BCUT2D eigenvalue weighted by Gasteiger charge is 2.39. The van der Waals surface area contributed by atoms with Gasteiger partial charge in [0.25, 0.3) is 5.69 Å². The number of nitro benzene ring substituents is 1. The van der Waals surface area contributed by atoms with E-state index in [-0.39, 0.29) is 35.3 Å². The largest absolute Gasteiger partial charge is 0.399 e. The molecular weight excluding hydrogens is 484 g/mol. The molecule has 3 N–H and O–H groups in total. The third-order valence-electron chi connectivity index (χ3n) is 7.54. The monoisotopic (exact) mass is 518 g/mol. The first kappa shape index (κ1) is 26.1. The predicted octanol–water partition coefficient (Wildman–Crippen LogP) is 4.28. The van der Waals surface area contributed by atoms with Gasteiger partial charge in [0.2, 0.25) is 0 Å². The van der Waals surface area contributed by atoms with Gasteiger partial charge in [-0.2, -0.15) is 0 Å². The van der Waals surface area contributed by atoms with Crippen LogP contribution in [0, 0.1) is 16.0 Å². The van der Waals surface area contributed by atoms with Gasteiger partial charge in [-0.25, -0.2) is 0 Å². The smallest absolute Gasteiger partial charge is 0.269 e. The number of ether oxygens (including phenoxy) is 2. The Morgan fingerprint density at radius 1 is 0.974 bits per heavy atom. The molecule has 2 aliphatic heterocycles. The molecule has 4 atom stereocenters. The standard InChI is InChI=1S/C29H34N4O5/c1-20-27(18-31-13-15-32(16-14-31)25-9-11-26(12-10-25)33(35)36)37-29(23-3-2-4-24(30)17-23)38-28(20)22-7-5-21(19-34)6-8-22/h2-12,17,20,27-29,34H,13-16,18-19,30H2,1H3/t20-,27+,28+,29+/m0/s1. The lowest BCUT2D eigenvalue weighted by atomic mass is 9.90. The molecule has 2 saturated heterocycles. The van der Waals surface area contributed by atoms with E-state index in [1.807, 2.05) is 60.7 Å². The van der Waals surface area contributed by atoms with E-state index in [0.717, 1.165) is 55.1 Å². The Hall–Kier alpha value is -3.50. The fraction of sp³-hybridized carbons (Fsp3) is 0.379. The average Bonchev–Trinajstić information content (AvgIpc) is 2.94. The molecule has 3 aromatic carbocycles. The van der Waals surface area contributed by atoms with Crippen molar-refractivity contribution in [1.29, 1.82) is 0 Å². The number of piperazine rings is 1. The van der Waals surface area contributed by atoms with E-state index in [1.165, 1.54) is 0 Å². The lowest BCUT2D eigenvalue weighted by Gasteiger charge is -2.44. The van der Waals surface area contributed by atoms with Crippen LogP contribution in [0.3, 0.4) is 0 Å². The van der Waals surface area contributed by atoms with Crippen LogP contribution in [0.15, 0.2) is 72.8 Å². The Bertz CT molecular complexity index is 1230. The van der Waals surface area contributed by atoms with E-state index >= 15 is 0 Å². The zero-order valence-electron chi connectivity index (χ0n) is 21.5. The predicted molar refractivity (Wildman–Crippen MR) is 146 cm³/mol. The molecule has 0 amide bonds. The van der Waals surface area contributed by atoms with E-state index in [1.54, 1.807) is 12.1 Å². The first-order valence-electron chi connectivity index (χ1n) is 13.0. The van der Waals surface area contributed by atoms with Crippen molar-refractivity contribution in [2.75, 3.05) is 43.4 Å². The maximum Gasteiger partial charge on any atom is 0.269 e. The number of nitrogen functional groups attached to an aromatic ring is 1. The number of nitro groups is 1. The summed E-state index contributed by atoms with van der Waals surface area (Å²) in [6.45, 7) is 6.33. The van der Waals surface area contributed by atoms with Crippen molar-refractivity contribution in [2.45, 2.75) is 32.0 Å². The van der Waals surface area contributed by atoms with Crippen LogP contribution in [-0.2, 0) is 16.1 Å². The summed E-state index contributed by atoms with van der Waals surface area (Å²) in [4.78, 5) is 15.3. The van der Waals surface area contributed by atoms with Crippen molar-refractivity contribution in [1.82, 2.24) is 4.90 Å². The van der Waals surface area contributed by atoms with E-state index in [9.17, 15) is 15.2 Å². The normalized spacial score (nSPS) is 24.3. The van der Waals surface area contributed by atoms with Gasteiger partial charge in [0.05, 0.1) is 23.7 Å². The fourth-order valence-corrected chi connectivity index (χ4v) is 5.26. The van der Waals surface area contributed by atoms with Crippen molar-refractivity contribution < 1.29 is 19.5 Å². The van der Waals surface area contributed by atoms with E-state index in [2.05, 4.69) is 16.7 Å². The molecule has 3 aromatic rings. The van der Waals surface area contributed by atoms with Crippen LogP contribution in [0.1, 0.15) is 36.0 Å². The highest BCUT2D eigenvalue weighted by molar-refractivity contribution is 5.51. The summed E-state index contributed by atoms with van der Waals surface area (Å²) in [6.07, 6.45) is -0.776. The van der Waals surface area contributed by atoms with Crippen molar-refractivity contribution in [2.24, 2.45) is 5.92 Å². The first-order chi connectivity index (χ1) is 18.4. The van der Waals surface area contributed by atoms with Gasteiger partial charge in [-0.1, -0.05) is 43.3 Å². The third kappa shape index (κ3) is 5.81. The highest BCUT2D eigenvalue weighted by atomic mass is 16.7. The van der Waals surface area contributed by atoms with Gasteiger partial charge >= 0.3 is 0 Å². The lowest BCUT2D eigenvalue weighted by molar-refractivity contribution is -0.384. The third-order valence-corrected chi connectivity index (χ3v) is 7.54. The Morgan fingerprint density at radius 2 is 1.68 bits per heavy atom. The lowest BCUT2D eigenvalue weighted by Crippen LogP contribution is -2.51. The van der Waals surface area contributed by atoms with Gasteiger partial charge in [-0.05, 0) is 35.4 Å². The fourth-order valence-electron chi connectivity index (χ4n) is 5.26. The molecule has 0 spiro atoms. The maximum atomic E-state index is 11.0. The topological polar surface area (TPSA) is 114 Å². The Labute approximate surface area is 222 Å². The zero-order valence-corrected chi connectivity index (χ0v) is 21.5. The Balaban J connectivity index is 1.29. The number of nitrogens with two attached hydrogens (primary N) is 1. The molecule has 9 heteroatoms. The number of benzene rings is 3. The average molecular weight is 519 g/mol. The van der Waals surface area contributed by atoms with E-state index < -0.39 is 6.29 Å². The van der Waals surface area contributed by atoms with Crippen molar-refractivity contribution in [3.63, 3.8) is 0 Å². The molecule has 2 aliphatic rings. The number of non-ortho nitro benzene ring substituents is 1. The number of nitrogens with zero attached hydrogens (tertiary/aromatic N) is 3. The summed E-state index contributed by atoms with van der Waals surface area (Å²) in [7, 11) is 0. The van der Waals surface area contributed by atoms with Crippen LogP contribution < -0.4 is 10.6 Å². The summed E-state index contributed by atoms with van der Waals surface area (Å²) < 4.78 is 13.1. The summed E-state index contributed by atoms with van der Waals surface area (Å²) >= 11 is 0. The van der Waals surface area contributed by atoms with Crippen LogP contribution in [0.5, 0.6) is 0 Å². The number of aliphatic hydroxyl groups excluding tert-OH is 1. The molecular formula is C29H34N4O5. The molecule has 0 aromatic heterocycles. The second-order valence-corrected chi connectivity index (χ2v) is 10.1. The van der Waals surface area contributed by atoms with Gasteiger partial charge in [0.1, 0.15) is 0 Å². The summed E-state index contributed by atoms with van der Waals surface area (Å²) in [5, 5.41) is 20.4.